The predicted octanol–water partition coefficient (Wildman–Crippen LogP) is 4.93. The Kier molecular flexibility index (Phi) is 6.38. The van der Waals surface area contributed by atoms with E-state index >= 15 is 0 Å². The van der Waals surface area contributed by atoms with Crippen LogP contribution in [0.2, 0.25) is 5.02 Å². The summed E-state index contributed by atoms with van der Waals surface area (Å²) in [5.74, 6) is 2.53. The first-order chi connectivity index (χ1) is 9.74. The van der Waals surface area contributed by atoms with Crippen molar-refractivity contribution >= 4 is 11.6 Å². The van der Waals surface area contributed by atoms with Gasteiger partial charge in [-0.2, -0.15) is 0 Å². The summed E-state index contributed by atoms with van der Waals surface area (Å²) in [6.07, 6.45) is 8.03. The zero-order valence-electron chi connectivity index (χ0n) is 12.9. The first kappa shape index (κ1) is 15.9. The van der Waals surface area contributed by atoms with Crippen LogP contribution in [0, 0.1) is 17.8 Å². The number of nitrogens with one attached hydrogen (secondary N) is 1. The van der Waals surface area contributed by atoms with Crippen molar-refractivity contribution in [2.75, 3.05) is 13.6 Å². The maximum absolute atomic E-state index is 6.35. The molecule has 0 saturated heterocycles. The maximum Gasteiger partial charge on any atom is 0.0438 e. The van der Waals surface area contributed by atoms with E-state index in [4.69, 9.17) is 11.6 Å². The van der Waals surface area contributed by atoms with E-state index in [0.717, 1.165) is 35.7 Å². The summed E-state index contributed by atoms with van der Waals surface area (Å²) >= 11 is 6.35. The quantitative estimate of drug-likeness (QED) is 0.784. The molecule has 0 amide bonds. The Bertz CT molecular complexity index is 404. The lowest BCUT2D eigenvalue weighted by Crippen LogP contribution is -2.33. The highest BCUT2D eigenvalue weighted by Crippen LogP contribution is 2.38. The minimum Gasteiger partial charge on any atom is -0.319 e. The molecule has 1 fully saturated rings. The van der Waals surface area contributed by atoms with Crippen LogP contribution in [-0.2, 0) is 6.42 Å². The van der Waals surface area contributed by atoms with Crippen molar-refractivity contribution in [3.8, 4) is 0 Å². The maximum atomic E-state index is 6.35. The van der Waals surface area contributed by atoms with Crippen molar-refractivity contribution in [3.05, 3.63) is 34.9 Å². The fraction of sp³-hybridized carbons (Fsp3) is 0.667. The summed E-state index contributed by atoms with van der Waals surface area (Å²) in [6.45, 7) is 3.46. The van der Waals surface area contributed by atoms with Gasteiger partial charge in [-0.05, 0) is 62.2 Å². The number of hydrogen-bond donors (Lipinski definition) is 1. The van der Waals surface area contributed by atoms with Crippen molar-refractivity contribution in [1.82, 2.24) is 5.32 Å². The molecule has 1 aromatic rings. The minimum atomic E-state index is 0.785. The molecule has 0 spiro atoms. The molecule has 1 nitrogen and oxygen atoms in total. The normalized spacial score (nSPS) is 26.6. The third-order valence-corrected chi connectivity index (χ3v) is 5.22. The van der Waals surface area contributed by atoms with Crippen LogP contribution in [-0.4, -0.2) is 13.6 Å². The minimum absolute atomic E-state index is 0.785. The van der Waals surface area contributed by atoms with Crippen LogP contribution in [0.3, 0.4) is 0 Å². The lowest BCUT2D eigenvalue weighted by molar-refractivity contribution is 0.169. The fourth-order valence-corrected chi connectivity index (χ4v) is 4.03. The average Bonchev–Trinajstić information content (AvgIpc) is 2.45. The van der Waals surface area contributed by atoms with Crippen molar-refractivity contribution < 1.29 is 0 Å². The molecule has 0 heterocycles. The first-order valence-electron chi connectivity index (χ1n) is 8.12. The lowest BCUT2D eigenvalue weighted by Gasteiger charge is -2.36. The molecule has 112 valence electrons. The van der Waals surface area contributed by atoms with Gasteiger partial charge in [0.05, 0.1) is 0 Å². The molecule has 0 aliphatic heterocycles. The fourth-order valence-electron chi connectivity index (χ4n) is 3.82. The molecule has 1 aliphatic rings. The van der Waals surface area contributed by atoms with E-state index in [1.807, 2.05) is 12.1 Å². The number of hydrogen-bond acceptors (Lipinski definition) is 1. The third-order valence-electron chi connectivity index (χ3n) is 4.85. The summed E-state index contributed by atoms with van der Waals surface area (Å²) < 4.78 is 0. The molecule has 1 N–H and O–H groups in total. The zero-order valence-corrected chi connectivity index (χ0v) is 13.6. The van der Waals surface area contributed by atoms with Crippen molar-refractivity contribution in [1.29, 1.82) is 0 Å². The van der Waals surface area contributed by atoms with Crippen LogP contribution < -0.4 is 5.32 Å². The smallest absolute Gasteiger partial charge is 0.0438 e. The van der Waals surface area contributed by atoms with Crippen LogP contribution >= 0.6 is 11.6 Å². The highest BCUT2D eigenvalue weighted by atomic mass is 35.5. The van der Waals surface area contributed by atoms with Gasteiger partial charge >= 0.3 is 0 Å². The Morgan fingerprint density at radius 2 is 2.00 bits per heavy atom. The Labute approximate surface area is 129 Å². The van der Waals surface area contributed by atoms with Gasteiger partial charge in [0.25, 0.3) is 0 Å². The number of benzene rings is 1. The van der Waals surface area contributed by atoms with Gasteiger partial charge in [0.15, 0.2) is 0 Å². The Morgan fingerprint density at radius 1 is 1.20 bits per heavy atom. The molecule has 1 aromatic carbocycles. The molecule has 1 aliphatic carbocycles. The van der Waals surface area contributed by atoms with E-state index in [1.165, 1.54) is 37.7 Å². The third kappa shape index (κ3) is 4.23. The largest absolute Gasteiger partial charge is 0.319 e. The molecule has 20 heavy (non-hydrogen) atoms. The summed E-state index contributed by atoms with van der Waals surface area (Å²) in [5, 5.41) is 4.32. The average molecular weight is 294 g/mol. The molecule has 1 saturated carbocycles. The summed E-state index contributed by atoms with van der Waals surface area (Å²) in [5.41, 5.74) is 1.33. The second kappa shape index (κ2) is 8.05. The van der Waals surface area contributed by atoms with E-state index in [1.54, 1.807) is 0 Å². The van der Waals surface area contributed by atoms with E-state index in [0.29, 0.717) is 0 Å². The standard InChI is InChI=1S/C18H28ClN/c1-3-6-14-9-10-16(13-20-2)17(11-14)12-15-7-4-5-8-18(15)19/h4-5,7-8,14,16-17,20H,3,6,9-13H2,1-2H3. The Balaban J connectivity index is 2.05. The van der Waals surface area contributed by atoms with Gasteiger partial charge in [-0.25, -0.2) is 0 Å². The van der Waals surface area contributed by atoms with E-state index in [9.17, 15) is 0 Å². The summed E-state index contributed by atoms with van der Waals surface area (Å²) in [7, 11) is 2.07. The van der Waals surface area contributed by atoms with E-state index in [-0.39, 0.29) is 0 Å². The topological polar surface area (TPSA) is 12.0 Å². The van der Waals surface area contributed by atoms with Crippen LogP contribution in [0.5, 0.6) is 0 Å². The van der Waals surface area contributed by atoms with Crippen molar-refractivity contribution in [2.45, 2.75) is 45.4 Å². The predicted molar refractivity (Wildman–Crippen MR) is 88.3 cm³/mol. The Hall–Kier alpha value is -0.530. The van der Waals surface area contributed by atoms with Gasteiger partial charge in [0.2, 0.25) is 0 Å². The van der Waals surface area contributed by atoms with Crippen molar-refractivity contribution in [3.63, 3.8) is 0 Å². The van der Waals surface area contributed by atoms with Gasteiger partial charge in [0.1, 0.15) is 0 Å². The highest BCUT2D eigenvalue weighted by Gasteiger charge is 2.30. The van der Waals surface area contributed by atoms with Gasteiger partial charge < -0.3 is 5.32 Å². The van der Waals surface area contributed by atoms with Crippen LogP contribution in [0.1, 0.15) is 44.6 Å². The monoisotopic (exact) mass is 293 g/mol. The summed E-state index contributed by atoms with van der Waals surface area (Å²) in [4.78, 5) is 0. The van der Waals surface area contributed by atoms with Gasteiger partial charge in [-0.15, -0.1) is 0 Å². The second-order valence-corrected chi connectivity index (χ2v) is 6.75. The van der Waals surface area contributed by atoms with Crippen LogP contribution in [0.25, 0.3) is 0 Å². The second-order valence-electron chi connectivity index (χ2n) is 6.34. The van der Waals surface area contributed by atoms with E-state index < -0.39 is 0 Å². The Morgan fingerprint density at radius 3 is 2.70 bits per heavy atom. The van der Waals surface area contributed by atoms with E-state index in [2.05, 4.69) is 31.4 Å². The van der Waals surface area contributed by atoms with Gasteiger partial charge in [-0.1, -0.05) is 56.0 Å². The lowest BCUT2D eigenvalue weighted by atomic mass is 9.70. The number of rotatable bonds is 6. The molecule has 3 atom stereocenters. The molecule has 2 heteroatoms. The molecule has 0 aromatic heterocycles. The molecule has 0 bridgehead atoms. The first-order valence-corrected chi connectivity index (χ1v) is 8.50. The number of halogens is 1. The molecule has 3 unspecified atom stereocenters. The molecule has 2 rings (SSSR count). The SMILES string of the molecule is CCCC1CCC(CNC)C(Cc2ccccc2Cl)C1. The van der Waals surface area contributed by atoms with Crippen LogP contribution in [0.15, 0.2) is 24.3 Å². The zero-order chi connectivity index (χ0) is 14.4. The molecule has 0 radical (unpaired) electrons. The molecular weight excluding hydrogens is 266 g/mol. The highest BCUT2D eigenvalue weighted by molar-refractivity contribution is 6.31. The summed E-state index contributed by atoms with van der Waals surface area (Å²) in [6, 6.07) is 8.36. The van der Waals surface area contributed by atoms with Gasteiger partial charge in [-0.3, -0.25) is 0 Å². The molecular formula is C18H28ClN. The van der Waals surface area contributed by atoms with Crippen molar-refractivity contribution in [2.24, 2.45) is 17.8 Å². The van der Waals surface area contributed by atoms with Gasteiger partial charge in [0, 0.05) is 5.02 Å². The van der Waals surface area contributed by atoms with Crippen LogP contribution in [0.4, 0.5) is 0 Å².